The molecule has 1 N–H and O–H groups in total. The fourth-order valence-corrected chi connectivity index (χ4v) is 2.45. The van der Waals surface area contributed by atoms with E-state index in [0.29, 0.717) is 5.92 Å². The predicted octanol–water partition coefficient (Wildman–Crippen LogP) is 3.59. The molecular weight excluding hydrogens is 216 g/mol. The van der Waals surface area contributed by atoms with E-state index in [1.807, 2.05) is 0 Å². The van der Waals surface area contributed by atoms with Gasteiger partial charge in [0.2, 0.25) is 0 Å². The van der Waals surface area contributed by atoms with E-state index < -0.39 is 0 Å². The minimum Gasteiger partial charge on any atom is -0.396 e. The summed E-state index contributed by atoms with van der Waals surface area (Å²) in [5.41, 5.74) is 2.57. The van der Waals surface area contributed by atoms with Crippen molar-refractivity contribution in [1.82, 2.24) is 0 Å². The normalized spacial score (nSPS) is 12.6. The fraction of sp³-hybridized carbons (Fsp3) is 0.286. The first-order chi connectivity index (χ1) is 7.79. The molecule has 0 amide bonds. The molecule has 0 aliphatic heterocycles. The summed E-state index contributed by atoms with van der Waals surface area (Å²) in [6.07, 6.45) is 0.946. The third-order valence-electron chi connectivity index (χ3n) is 2.66. The quantitative estimate of drug-likeness (QED) is 0.854. The molecule has 1 nitrogen and oxygen atoms in total. The molecule has 0 saturated heterocycles. The van der Waals surface area contributed by atoms with Crippen LogP contribution in [0.25, 0.3) is 10.4 Å². The molecule has 2 aromatic rings. The van der Waals surface area contributed by atoms with Crippen molar-refractivity contribution in [2.45, 2.75) is 13.3 Å². The molecule has 0 bridgehead atoms. The maximum absolute atomic E-state index is 9.00. The van der Waals surface area contributed by atoms with E-state index in [0.717, 1.165) is 6.42 Å². The van der Waals surface area contributed by atoms with E-state index >= 15 is 0 Å². The Morgan fingerprint density at radius 1 is 1.19 bits per heavy atom. The molecule has 1 aromatic heterocycles. The van der Waals surface area contributed by atoms with Gasteiger partial charge in [0.1, 0.15) is 0 Å². The maximum Gasteiger partial charge on any atom is 0.0459 e. The van der Waals surface area contributed by atoms with Crippen LogP contribution in [0.5, 0.6) is 0 Å². The summed E-state index contributed by atoms with van der Waals surface area (Å²) in [4.78, 5) is 1.31. The number of aliphatic hydroxyl groups is 1. The van der Waals surface area contributed by atoms with Crippen molar-refractivity contribution in [2.75, 3.05) is 6.61 Å². The van der Waals surface area contributed by atoms with E-state index in [2.05, 4.69) is 48.7 Å². The molecule has 0 aliphatic rings. The molecular formula is C14H16OS. The van der Waals surface area contributed by atoms with E-state index in [1.54, 1.807) is 11.3 Å². The van der Waals surface area contributed by atoms with Gasteiger partial charge in [-0.1, -0.05) is 37.3 Å². The van der Waals surface area contributed by atoms with Gasteiger partial charge < -0.3 is 5.11 Å². The van der Waals surface area contributed by atoms with Crippen LogP contribution in [0.4, 0.5) is 0 Å². The Morgan fingerprint density at radius 3 is 2.50 bits per heavy atom. The van der Waals surface area contributed by atoms with Crippen LogP contribution in [0.2, 0.25) is 0 Å². The Bertz CT molecular complexity index is 417. The summed E-state index contributed by atoms with van der Waals surface area (Å²) in [6, 6.07) is 12.8. The molecule has 84 valence electrons. The van der Waals surface area contributed by atoms with E-state index in [1.165, 1.54) is 16.0 Å². The molecule has 0 spiro atoms. The molecule has 0 radical (unpaired) electrons. The van der Waals surface area contributed by atoms with Crippen LogP contribution >= 0.6 is 11.3 Å². The first-order valence-electron chi connectivity index (χ1n) is 5.53. The molecule has 16 heavy (non-hydrogen) atoms. The summed E-state index contributed by atoms with van der Waals surface area (Å²) in [6.45, 7) is 2.32. The van der Waals surface area contributed by atoms with Crippen molar-refractivity contribution in [3.05, 3.63) is 47.3 Å². The Morgan fingerprint density at radius 2 is 1.94 bits per heavy atom. The lowest BCUT2D eigenvalue weighted by Gasteiger charge is -2.08. The lowest BCUT2D eigenvalue weighted by Crippen LogP contribution is -2.04. The van der Waals surface area contributed by atoms with Crippen molar-refractivity contribution >= 4 is 11.3 Å². The largest absolute Gasteiger partial charge is 0.396 e. The zero-order valence-electron chi connectivity index (χ0n) is 9.39. The van der Waals surface area contributed by atoms with Gasteiger partial charge in [0.05, 0.1) is 0 Å². The lowest BCUT2D eigenvalue weighted by molar-refractivity contribution is 0.237. The molecule has 2 rings (SSSR count). The summed E-state index contributed by atoms with van der Waals surface area (Å²) in [7, 11) is 0. The lowest BCUT2D eigenvalue weighted by atomic mass is 10.0. The van der Waals surface area contributed by atoms with Crippen molar-refractivity contribution in [2.24, 2.45) is 5.92 Å². The highest BCUT2D eigenvalue weighted by Crippen LogP contribution is 2.25. The summed E-state index contributed by atoms with van der Waals surface area (Å²) >= 11 is 1.76. The van der Waals surface area contributed by atoms with Crippen LogP contribution in [0, 0.1) is 5.92 Å². The average molecular weight is 232 g/mol. The smallest absolute Gasteiger partial charge is 0.0459 e. The zero-order valence-corrected chi connectivity index (χ0v) is 10.2. The average Bonchev–Trinajstić information content (AvgIpc) is 2.83. The summed E-state index contributed by atoms with van der Waals surface area (Å²) in [5.74, 6) is 0.340. The van der Waals surface area contributed by atoms with Crippen LogP contribution in [0.1, 0.15) is 12.5 Å². The van der Waals surface area contributed by atoms with Gasteiger partial charge in [0.25, 0.3) is 0 Å². The monoisotopic (exact) mass is 232 g/mol. The SMILES string of the molecule is CC(CO)Cc1ccc(-c2cccs2)cc1. The van der Waals surface area contributed by atoms with Gasteiger partial charge in [-0.3, -0.25) is 0 Å². The number of thiophene rings is 1. The van der Waals surface area contributed by atoms with Crippen molar-refractivity contribution in [1.29, 1.82) is 0 Å². The van der Waals surface area contributed by atoms with E-state index in [9.17, 15) is 0 Å². The molecule has 0 saturated carbocycles. The molecule has 0 fully saturated rings. The first-order valence-corrected chi connectivity index (χ1v) is 6.41. The Labute approximate surface area is 100 Å². The van der Waals surface area contributed by atoms with Crippen LogP contribution in [0.3, 0.4) is 0 Å². The molecule has 1 unspecified atom stereocenters. The molecule has 0 aliphatic carbocycles. The van der Waals surface area contributed by atoms with Crippen LogP contribution in [0.15, 0.2) is 41.8 Å². The Kier molecular flexibility index (Phi) is 3.75. The van der Waals surface area contributed by atoms with Gasteiger partial charge >= 0.3 is 0 Å². The zero-order chi connectivity index (χ0) is 11.4. The fourth-order valence-electron chi connectivity index (χ4n) is 1.71. The van der Waals surface area contributed by atoms with Crippen LogP contribution in [-0.2, 0) is 6.42 Å². The van der Waals surface area contributed by atoms with Gasteiger partial charge in [-0.15, -0.1) is 11.3 Å². The number of rotatable bonds is 4. The van der Waals surface area contributed by atoms with Crippen molar-refractivity contribution in [3.8, 4) is 10.4 Å². The highest BCUT2D eigenvalue weighted by Gasteiger charge is 2.03. The summed E-state index contributed by atoms with van der Waals surface area (Å²) in [5, 5.41) is 11.1. The minimum absolute atomic E-state index is 0.257. The van der Waals surface area contributed by atoms with Gasteiger partial charge in [-0.2, -0.15) is 0 Å². The third kappa shape index (κ3) is 2.71. The molecule has 1 heterocycles. The first kappa shape index (κ1) is 11.4. The van der Waals surface area contributed by atoms with Crippen molar-refractivity contribution < 1.29 is 5.11 Å². The molecule has 2 heteroatoms. The number of benzene rings is 1. The Hall–Kier alpha value is -1.12. The molecule has 1 atom stereocenters. The van der Waals surface area contributed by atoms with Crippen LogP contribution < -0.4 is 0 Å². The second kappa shape index (κ2) is 5.28. The standard InChI is InChI=1S/C14H16OS/c1-11(10-15)9-12-4-6-13(7-5-12)14-3-2-8-16-14/h2-8,11,15H,9-10H2,1H3. The highest BCUT2D eigenvalue weighted by atomic mass is 32.1. The number of hydrogen-bond acceptors (Lipinski definition) is 2. The summed E-state index contributed by atoms with van der Waals surface area (Å²) < 4.78 is 0. The van der Waals surface area contributed by atoms with Gasteiger partial charge in [0.15, 0.2) is 0 Å². The number of aliphatic hydroxyl groups excluding tert-OH is 1. The van der Waals surface area contributed by atoms with Gasteiger partial charge in [0, 0.05) is 11.5 Å². The second-order valence-electron chi connectivity index (χ2n) is 4.17. The second-order valence-corrected chi connectivity index (χ2v) is 5.11. The third-order valence-corrected chi connectivity index (χ3v) is 3.57. The van der Waals surface area contributed by atoms with Crippen molar-refractivity contribution in [3.63, 3.8) is 0 Å². The number of hydrogen-bond donors (Lipinski definition) is 1. The van der Waals surface area contributed by atoms with Gasteiger partial charge in [-0.25, -0.2) is 0 Å². The van der Waals surface area contributed by atoms with Gasteiger partial charge in [-0.05, 0) is 34.9 Å². The maximum atomic E-state index is 9.00. The van der Waals surface area contributed by atoms with E-state index in [4.69, 9.17) is 5.11 Å². The van der Waals surface area contributed by atoms with Crippen LogP contribution in [-0.4, -0.2) is 11.7 Å². The highest BCUT2D eigenvalue weighted by molar-refractivity contribution is 7.13. The Balaban J connectivity index is 2.11. The van der Waals surface area contributed by atoms with E-state index in [-0.39, 0.29) is 6.61 Å². The minimum atomic E-state index is 0.257. The topological polar surface area (TPSA) is 20.2 Å². The predicted molar refractivity (Wildman–Crippen MR) is 69.7 cm³/mol. The molecule has 1 aromatic carbocycles.